The van der Waals surface area contributed by atoms with Crippen molar-refractivity contribution < 1.29 is 9.90 Å². The Balaban J connectivity index is 1.42. The van der Waals surface area contributed by atoms with Gasteiger partial charge in [-0.2, -0.15) is 9.78 Å². The summed E-state index contributed by atoms with van der Waals surface area (Å²) in [6.07, 6.45) is 1.63. The monoisotopic (exact) mass is 418 g/mol. The second kappa shape index (κ2) is 9.14. The predicted molar refractivity (Wildman–Crippen MR) is 118 cm³/mol. The first kappa shape index (κ1) is 20.8. The first-order valence-electron chi connectivity index (χ1n) is 10.5. The van der Waals surface area contributed by atoms with Crippen LogP contribution in [-0.2, 0) is 6.54 Å². The van der Waals surface area contributed by atoms with Gasteiger partial charge < -0.3 is 10.4 Å². The van der Waals surface area contributed by atoms with Gasteiger partial charge in [-0.05, 0) is 43.0 Å². The van der Waals surface area contributed by atoms with Crippen LogP contribution >= 0.6 is 0 Å². The Morgan fingerprint density at radius 1 is 1.10 bits per heavy atom. The number of aromatic hydroxyl groups is 1. The number of piperidine rings is 1. The summed E-state index contributed by atoms with van der Waals surface area (Å²) in [5, 5.41) is 17.3. The summed E-state index contributed by atoms with van der Waals surface area (Å²) in [5.41, 5.74) is 2.15. The molecule has 3 aromatic rings. The SMILES string of the molecule is Cc1cccc(-n2nc(C(=O)NC3CCN(Cc4ccccc4)CC3)c(O)cc2=O)c1. The molecule has 1 fully saturated rings. The zero-order valence-corrected chi connectivity index (χ0v) is 17.5. The van der Waals surface area contributed by atoms with Gasteiger partial charge in [0.15, 0.2) is 11.4 Å². The topological polar surface area (TPSA) is 87.5 Å². The molecule has 0 radical (unpaired) electrons. The van der Waals surface area contributed by atoms with E-state index in [9.17, 15) is 14.7 Å². The first-order valence-corrected chi connectivity index (χ1v) is 10.5. The van der Waals surface area contributed by atoms with Crippen molar-refractivity contribution in [1.82, 2.24) is 20.0 Å². The van der Waals surface area contributed by atoms with E-state index in [4.69, 9.17) is 0 Å². The molecule has 4 rings (SSSR count). The second-order valence-corrected chi connectivity index (χ2v) is 7.98. The summed E-state index contributed by atoms with van der Waals surface area (Å²) in [7, 11) is 0. The highest BCUT2D eigenvalue weighted by Gasteiger charge is 2.24. The van der Waals surface area contributed by atoms with Crippen LogP contribution in [0.5, 0.6) is 5.75 Å². The molecule has 0 unspecified atom stereocenters. The normalized spacial score (nSPS) is 15.0. The highest BCUT2D eigenvalue weighted by Crippen LogP contribution is 2.17. The zero-order valence-electron chi connectivity index (χ0n) is 17.5. The smallest absolute Gasteiger partial charge is 0.275 e. The number of aryl methyl sites for hydroxylation is 1. The molecule has 1 aliphatic heterocycles. The molecule has 1 aliphatic rings. The van der Waals surface area contributed by atoms with E-state index in [0.29, 0.717) is 5.69 Å². The molecule has 2 N–H and O–H groups in total. The summed E-state index contributed by atoms with van der Waals surface area (Å²) < 4.78 is 1.14. The van der Waals surface area contributed by atoms with Gasteiger partial charge in [-0.15, -0.1) is 0 Å². The van der Waals surface area contributed by atoms with Crippen LogP contribution in [-0.4, -0.2) is 44.8 Å². The lowest BCUT2D eigenvalue weighted by Gasteiger charge is -2.32. The van der Waals surface area contributed by atoms with Crippen LogP contribution in [0, 0.1) is 6.92 Å². The van der Waals surface area contributed by atoms with E-state index in [1.54, 1.807) is 12.1 Å². The van der Waals surface area contributed by atoms with Gasteiger partial charge in [0.1, 0.15) is 0 Å². The summed E-state index contributed by atoms with van der Waals surface area (Å²) in [6, 6.07) is 18.6. The number of amides is 1. The van der Waals surface area contributed by atoms with Crippen molar-refractivity contribution in [3.05, 3.63) is 87.8 Å². The molecule has 0 aliphatic carbocycles. The Bertz CT molecular complexity index is 1120. The van der Waals surface area contributed by atoms with Crippen LogP contribution in [0.4, 0.5) is 0 Å². The molecule has 7 heteroatoms. The summed E-state index contributed by atoms with van der Waals surface area (Å²) in [4.78, 5) is 27.5. The minimum atomic E-state index is -0.492. The molecule has 0 saturated carbocycles. The van der Waals surface area contributed by atoms with Crippen molar-refractivity contribution in [3.8, 4) is 11.4 Å². The minimum absolute atomic E-state index is 0.0000659. The van der Waals surface area contributed by atoms with Crippen LogP contribution in [0.25, 0.3) is 5.69 Å². The number of nitrogens with zero attached hydrogens (tertiary/aromatic N) is 3. The largest absolute Gasteiger partial charge is 0.505 e. The number of benzene rings is 2. The van der Waals surface area contributed by atoms with Crippen molar-refractivity contribution in [2.75, 3.05) is 13.1 Å². The zero-order chi connectivity index (χ0) is 21.8. The van der Waals surface area contributed by atoms with Gasteiger partial charge in [-0.3, -0.25) is 14.5 Å². The van der Waals surface area contributed by atoms with Gasteiger partial charge in [-0.1, -0.05) is 42.5 Å². The highest BCUT2D eigenvalue weighted by molar-refractivity contribution is 5.94. The molecule has 0 atom stereocenters. The van der Waals surface area contributed by atoms with E-state index in [0.717, 1.165) is 48.8 Å². The fraction of sp³-hybridized carbons (Fsp3) is 0.292. The lowest BCUT2D eigenvalue weighted by atomic mass is 10.0. The maximum absolute atomic E-state index is 12.8. The van der Waals surface area contributed by atoms with E-state index in [1.165, 1.54) is 5.56 Å². The van der Waals surface area contributed by atoms with Crippen molar-refractivity contribution in [3.63, 3.8) is 0 Å². The number of hydrogen-bond acceptors (Lipinski definition) is 5. The van der Waals surface area contributed by atoms with Crippen LogP contribution < -0.4 is 10.9 Å². The maximum Gasteiger partial charge on any atom is 0.275 e. The predicted octanol–water partition coefficient (Wildman–Crippen LogP) is 2.64. The molecule has 2 aromatic carbocycles. The van der Waals surface area contributed by atoms with E-state index < -0.39 is 17.2 Å². The molecular formula is C24H26N4O3. The molecule has 7 nitrogen and oxygen atoms in total. The van der Waals surface area contributed by atoms with Crippen LogP contribution in [0.15, 0.2) is 65.5 Å². The Labute approximate surface area is 181 Å². The van der Waals surface area contributed by atoms with Crippen molar-refractivity contribution in [2.24, 2.45) is 0 Å². The molecule has 1 saturated heterocycles. The Morgan fingerprint density at radius 2 is 1.84 bits per heavy atom. The van der Waals surface area contributed by atoms with Gasteiger partial charge in [0, 0.05) is 31.7 Å². The third-order valence-electron chi connectivity index (χ3n) is 5.54. The van der Waals surface area contributed by atoms with Crippen molar-refractivity contribution in [2.45, 2.75) is 32.4 Å². The molecule has 1 amide bonds. The number of carbonyl (C=O) groups excluding carboxylic acids is 1. The van der Waals surface area contributed by atoms with Gasteiger partial charge >= 0.3 is 0 Å². The number of rotatable bonds is 5. The third kappa shape index (κ3) is 5.00. The van der Waals surface area contributed by atoms with E-state index in [2.05, 4.69) is 27.4 Å². The van der Waals surface area contributed by atoms with Gasteiger partial charge in [0.25, 0.3) is 11.5 Å². The molecule has 0 bridgehead atoms. The second-order valence-electron chi connectivity index (χ2n) is 7.98. The third-order valence-corrected chi connectivity index (χ3v) is 5.54. The summed E-state index contributed by atoms with van der Waals surface area (Å²) >= 11 is 0. The van der Waals surface area contributed by atoms with E-state index in [1.807, 2.05) is 37.3 Å². The summed E-state index contributed by atoms with van der Waals surface area (Å²) in [5.74, 6) is -0.881. The lowest BCUT2D eigenvalue weighted by molar-refractivity contribution is 0.0899. The lowest BCUT2D eigenvalue weighted by Crippen LogP contribution is -2.44. The molecule has 31 heavy (non-hydrogen) atoms. The average Bonchev–Trinajstić information content (AvgIpc) is 2.76. The number of nitrogens with one attached hydrogen (secondary N) is 1. The quantitative estimate of drug-likeness (QED) is 0.665. The van der Waals surface area contributed by atoms with E-state index >= 15 is 0 Å². The Morgan fingerprint density at radius 3 is 2.55 bits per heavy atom. The molecule has 160 valence electrons. The highest BCUT2D eigenvalue weighted by atomic mass is 16.3. The van der Waals surface area contributed by atoms with Gasteiger partial charge in [-0.25, -0.2) is 0 Å². The van der Waals surface area contributed by atoms with Crippen molar-refractivity contribution >= 4 is 5.91 Å². The van der Waals surface area contributed by atoms with Gasteiger partial charge in [0.05, 0.1) is 5.69 Å². The fourth-order valence-electron chi connectivity index (χ4n) is 3.88. The maximum atomic E-state index is 12.8. The van der Waals surface area contributed by atoms with Crippen molar-refractivity contribution in [1.29, 1.82) is 0 Å². The number of carbonyl (C=O) groups is 1. The van der Waals surface area contributed by atoms with Crippen LogP contribution in [0.3, 0.4) is 0 Å². The van der Waals surface area contributed by atoms with E-state index in [-0.39, 0.29) is 11.7 Å². The molecular weight excluding hydrogens is 392 g/mol. The Kier molecular flexibility index (Phi) is 6.13. The minimum Gasteiger partial charge on any atom is -0.505 e. The number of aromatic nitrogens is 2. The molecule has 1 aromatic heterocycles. The first-order chi connectivity index (χ1) is 15.0. The fourth-order valence-corrected chi connectivity index (χ4v) is 3.88. The van der Waals surface area contributed by atoms with Crippen LogP contribution in [0.1, 0.15) is 34.5 Å². The van der Waals surface area contributed by atoms with Crippen LogP contribution in [0.2, 0.25) is 0 Å². The Hall–Kier alpha value is -3.45. The molecule has 2 heterocycles. The molecule has 0 spiro atoms. The number of likely N-dealkylation sites (tertiary alicyclic amines) is 1. The number of hydrogen-bond donors (Lipinski definition) is 2. The average molecular weight is 418 g/mol. The summed E-state index contributed by atoms with van der Waals surface area (Å²) in [6.45, 7) is 4.56. The standard InChI is InChI=1S/C24H26N4O3/c1-17-6-5-9-20(14-17)28-22(30)15-21(29)23(26-28)24(31)25-19-10-12-27(13-11-19)16-18-7-3-2-4-8-18/h2-9,14-15,19,29H,10-13,16H2,1H3,(H,25,31). The van der Waals surface area contributed by atoms with Gasteiger partial charge in [0.2, 0.25) is 0 Å².